The van der Waals surface area contributed by atoms with E-state index in [0.717, 1.165) is 0 Å². The minimum absolute atomic E-state index is 0. The van der Waals surface area contributed by atoms with Gasteiger partial charge in [0.15, 0.2) is 7.38 Å². The van der Waals surface area contributed by atoms with Crippen molar-refractivity contribution in [2.75, 3.05) is 19.6 Å². The maximum Gasteiger partial charge on any atom is 1.00 e. The Hall–Kier alpha value is 2.20. The van der Waals surface area contributed by atoms with Crippen LogP contribution in [0, 0.1) is 0 Å². The summed E-state index contributed by atoms with van der Waals surface area (Å²) in [5.41, 5.74) is 0. The van der Waals surface area contributed by atoms with Gasteiger partial charge < -0.3 is 28.9 Å². The topological polar surface area (TPSA) is 3.24 Å². The summed E-state index contributed by atoms with van der Waals surface area (Å²) in [7, 11) is -1.39. The van der Waals surface area contributed by atoms with Crippen LogP contribution in [0.5, 0.6) is 0 Å². The molecule has 0 aromatic rings. The third kappa shape index (κ3) is 16.1. The molecule has 1 nitrogen and oxygen atoms in total. The van der Waals surface area contributed by atoms with Crippen molar-refractivity contribution < 1.29 is 53.5 Å². The average molecular weight is 402 g/mol. The van der Waals surface area contributed by atoms with Crippen molar-refractivity contribution in [2.24, 2.45) is 0 Å². The first-order chi connectivity index (χ1) is 6.60. The van der Waals surface area contributed by atoms with Crippen molar-refractivity contribution in [1.82, 2.24) is 4.90 Å². The minimum Gasteiger partial charge on any atom is -1.00 e. The number of nitrogens with zero attached hydrogens (tertiary/aromatic N) is 1. The fourth-order valence-corrected chi connectivity index (χ4v) is 0.671. The van der Waals surface area contributed by atoms with Crippen LogP contribution < -0.4 is 53.5 Å². The second-order valence-electron chi connectivity index (χ2n) is 5.34. The minimum atomic E-state index is -1.39. The van der Waals surface area contributed by atoms with Crippen molar-refractivity contribution in [3.63, 3.8) is 0 Å². The zero-order chi connectivity index (χ0) is 12.7. The molecule has 0 saturated carbocycles. The second kappa shape index (κ2) is 13.2. The van der Waals surface area contributed by atoms with Gasteiger partial charge in [0.25, 0.3) is 0 Å². The first-order valence-corrected chi connectivity index (χ1v) is 10.0. The molecule has 102 valence electrons. The third-order valence-corrected chi connectivity index (χ3v) is 8.39. The predicted octanol–water partition coefficient (Wildman–Crippen LogP) is -1.41. The van der Waals surface area contributed by atoms with E-state index in [1.54, 1.807) is 0 Å². The zero-order valence-corrected chi connectivity index (χ0v) is 19.2. The van der Waals surface area contributed by atoms with Gasteiger partial charge in [-0.3, -0.25) is 0 Å². The van der Waals surface area contributed by atoms with Gasteiger partial charge in [-0.15, -0.1) is 0 Å². The van der Waals surface area contributed by atoms with Crippen molar-refractivity contribution in [3.8, 4) is 0 Å². The number of rotatable bonds is 3. The van der Waals surface area contributed by atoms with Crippen LogP contribution in [0.1, 0.15) is 41.5 Å². The summed E-state index contributed by atoms with van der Waals surface area (Å²) >= 11 is 6.15. The molecule has 0 amide bonds. The molecule has 0 unspecified atom stereocenters. The van der Waals surface area contributed by atoms with Crippen LogP contribution in [0.4, 0.5) is 0 Å². The van der Waals surface area contributed by atoms with E-state index in [9.17, 15) is 0 Å². The molecule has 17 heavy (non-hydrogen) atoms. The summed E-state index contributed by atoms with van der Waals surface area (Å²) in [6.45, 7) is 21.1. The van der Waals surface area contributed by atoms with Gasteiger partial charge in [0.2, 0.25) is 0 Å². The van der Waals surface area contributed by atoms with E-state index < -0.39 is 7.38 Å². The molecule has 0 atom stereocenters. The van der Waals surface area contributed by atoms with Crippen LogP contribution in [0.25, 0.3) is 0 Å². The van der Waals surface area contributed by atoms with Crippen LogP contribution >= 0.6 is 11.1 Å². The van der Waals surface area contributed by atoms with E-state index >= 15 is 0 Å². The molecule has 0 saturated heterocycles. The standard InChI is InChI=1S/C6H15ClSi.C6H15N.HI.Na/c1-6(2,3)8(4,5)7;1-4-7(5-2)6-3;;/h1-5H3;4-6H2,1-3H3;1H;/q;;;+1/p-1. The predicted molar refractivity (Wildman–Crippen MR) is 76.5 cm³/mol. The van der Waals surface area contributed by atoms with Gasteiger partial charge in [0, 0.05) is 0 Å². The smallest absolute Gasteiger partial charge is 1.00 e. The Labute approximate surface area is 154 Å². The Morgan fingerprint density at radius 1 is 0.941 bits per heavy atom. The second-order valence-corrected chi connectivity index (χ2v) is 12.6. The summed E-state index contributed by atoms with van der Waals surface area (Å²) in [6.07, 6.45) is 0. The van der Waals surface area contributed by atoms with Gasteiger partial charge in [-0.05, 0) is 24.7 Å². The van der Waals surface area contributed by atoms with Crippen LogP contribution in [0.3, 0.4) is 0 Å². The molecular weight excluding hydrogens is 372 g/mol. The number of hydrogen-bond acceptors (Lipinski definition) is 1. The molecule has 0 aromatic heterocycles. The van der Waals surface area contributed by atoms with Gasteiger partial charge in [0.05, 0.1) is 0 Å². The first kappa shape index (κ1) is 27.5. The fourth-order valence-electron chi connectivity index (χ4n) is 0.671. The first-order valence-electron chi connectivity index (χ1n) is 6.01. The van der Waals surface area contributed by atoms with E-state index in [1.165, 1.54) is 19.6 Å². The van der Waals surface area contributed by atoms with E-state index in [4.69, 9.17) is 11.1 Å². The largest absolute Gasteiger partial charge is 1.00 e. The quantitative estimate of drug-likeness (QED) is 0.319. The molecule has 0 radical (unpaired) electrons. The molecule has 0 rings (SSSR count). The summed E-state index contributed by atoms with van der Waals surface area (Å²) in [5.74, 6) is 0. The average Bonchev–Trinajstić information content (AvgIpc) is 2.05. The van der Waals surface area contributed by atoms with Gasteiger partial charge in [-0.1, -0.05) is 54.6 Å². The molecular formula is C12H30ClINNaSi. The SMILES string of the molecule is CC(C)(C)[Si](C)(C)Cl.CCN(CC)CC.[I-].[Na+]. The summed E-state index contributed by atoms with van der Waals surface area (Å²) in [6, 6.07) is 0. The Kier molecular flexibility index (Phi) is 21.4. The number of halogens is 2. The molecule has 0 aromatic carbocycles. The Balaban J connectivity index is -0.0000000896. The fraction of sp³-hybridized carbons (Fsp3) is 1.00. The van der Waals surface area contributed by atoms with E-state index in [2.05, 4.69) is 59.5 Å². The van der Waals surface area contributed by atoms with Crippen LogP contribution in [0.15, 0.2) is 0 Å². The molecule has 0 fully saturated rings. The maximum absolute atomic E-state index is 6.15. The summed E-state index contributed by atoms with van der Waals surface area (Å²) in [4.78, 5) is 2.38. The van der Waals surface area contributed by atoms with E-state index in [0.29, 0.717) is 5.04 Å². The molecule has 5 heteroatoms. The van der Waals surface area contributed by atoms with Gasteiger partial charge in [0.1, 0.15) is 0 Å². The molecule has 0 aliphatic heterocycles. The molecule has 0 aliphatic rings. The van der Waals surface area contributed by atoms with Crippen molar-refractivity contribution in [1.29, 1.82) is 0 Å². The Bertz CT molecular complexity index is 136. The molecule has 0 spiro atoms. The monoisotopic (exact) mass is 401 g/mol. The summed E-state index contributed by atoms with van der Waals surface area (Å²) in [5, 5.41) is 0.342. The molecule has 0 aliphatic carbocycles. The molecule has 0 N–H and O–H groups in total. The van der Waals surface area contributed by atoms with Crippen LogP contribution in [-0.4, -0.2) is 31.9 Å². The van der Waals surface area contributed by atoms with E-state index in [-0.39, 0.29) is 53.5 Å². The Morgan fingerprint density at radius 2 is 1.12 bits per heavy atom. The van der Waals surface area contributed by atoms with Crippen molar-refractivity contribution in [2.45, 2.75) is 59.7 Å². The van der Waals surface area contributed by atoms with Crippen LogP contribution in [-0.2, 0) is 0 Å². The van der Waals surface area contributed by atoms with Gasteiger partial charge in [-0.25, -0.2) is 0 Å². The third-order valence-electron chi connectivity index (χ3n) is 3.13. The maximum atomic E-state index is 6.15. The molecule has 0 heterocycles. The van der Waals surface area contributed by atoms with E-state index in [1.807, 2.05) is 0 Å². The zero-order valence-electron chi connectivity index (χ0n) is 13.3. The van der Waals surface area contributed by atoms with Crippen LogP contribution in [0.2, 0.25) is 18.1 Å². The number of hydrogen-bond donors (Lipinski definition) is 0. The summed E-state index contributed by atoms with van der Waals surface area (Å²) < 4.78 is 0. The van der Waals surface area contributed by atoms with Gasteiger partial charge >= 0.3 is 29.6 Å². The normalized spacial score (nSPS) is 10.9. The van der Waals surface area contributed by atoms with Crippen molar-refractivity contribution >= 4 is 18.5 Å². The van der Waals surface area contributed by atoms with Crippen molar-refractivity contribution in [3.05, 3.63) is 0 Å². The molecule has 0 bridgehead atoms. The van der Waals surface area contributed by atoms with Gasteiger partial charge in [-0.2, -0.15) is 11.1 Å². The Morgan fingerprint density at radius 3 is 1.12 bits per heavy atom.